The predicted molar refractivity (Wildman–Crippen MR) is 150 cm³/mol. The van der Waals surface area contributed by atoms with E-state index in [-0.39, 0.29) is 49.2 Å². The van der Waals surface area contributed by atoms with Crippen LogP contribution in [0.1, 0.15) is 56.9 Å². The number of nitrogens with one attached hydrogen (secondary N) is 2. The minimum Gasteiger partial charge on any atom is -0.385 e. The van der Waals surface area contributed by atoms with E-state index in [2.05, 4.69) is 10.3 Å². The lowest BCUT2D eigenvalue weighted by molar-refractivity contribution is -0.151. The summed E-state index contributed by atoms with van der Waals surface area (Å²) in [7, 11) is 1.60. The molecule has 3 fully saturated rings. The average Bonchev–Trinajstić information content (AvgIpc) is 3.62. The number of para-hydroxylation sites is 1. The second-order valence-electron chi connectivity index (χ2n) is 11.3. The molecule has 1 aromatic heterocycles. The highest BCUT2D eigenvalue weighted by Gasteiger charge is 2.41. The normalized spacial score (nSPS) is 23.8. The fraction of sp³-hybridized carbons (Fsp3) is 0.600. The Balaban J connectivity index is 1.48. The largest absolute Gasteiger partial charge is 0.385 e. The third-order valence-electron chi connectivity index (χ3n) is 8.62. The molecule has 2 N–H and O–H groups in total. The third-order valence-corrected chi connectivity index (χ3v) is 8.62. The number of fused-ring (bicyclic) bond motifs is 2. The number of rotatable bonds is 7. The summed E-state index contributed by atoms with van der Waals surface area (Å²) in [5.41, 5.74) is 1.88. The van der Waals surface area contributed by atoms with E-state index in [0.717, 1.165) is 55.0 Å². The Bertz CT molecular complexity index is 1220. The number of aromatic amines is 1. The Morgan fingerprint density at radius 3 is 2.52 bits per heavy atom. The summed E-state index contributed by atoms with van der Waals surface area (Å²) in [6.07, 6.45) is 8.82. The van der Waals surface area contributed by atoms with Crippen molar-refractivity contribution < 1.29 is 23.9 Å². The second-order valence-corrected chi connectivity index (χ2v) is 11.3. The summed E-state index contributed by atoms with van der Waals surface area (Å²) in [5.74, 6) is -0.998. The van der Waals surface area contributed by atoms with E-state index in [1.165, 1.54) is 4.90 Å². The SMILES string of the molecule is COCCCN1CC(=O)N[C@@H](Cc2c[nH]c3ccccc23)C(=O)N(C2CCCCC2)CC(=O)N2CCC[C@@H]2C1=O. The van der Waals surface area contributed by atoms with Crippen molar-refractivity contribution in [3.8, 4) is 0 Å². The fourth-order valence-electron chi connectivity index (χ4n) is 6.55. The van der Waals surface area contributed by atoms with Crippen LogP contribution in [0.4, 0.5) is 0 Å². The molecular formula is C30H41N5O5. The van der Waals surface area contributed by atoms with E-state index >= 15 is 0 Å². The van der Waals surface area contributed by atoms with Gasteiger partial charge in [-0.25, -0.2) is 0 Å². The fourth-order valence-corrected chi connectivity index (χ4v) is 6.55. The van der Waals surface area contributed by atoms with E-state index in [0.29, 0.717) is 32.5 Å². The van der Waals surface area contributed by atoms with Crippen LogP contribution in [0, 0.1) is 0 Å². The van der Waals surface area contributed by atoms with Gasteiger partial charge in [-0.3, -0.25) is 19.2 Å². The first-order valence-electron chi connectivity index (χ1n) is 14.7. The van der Waals surface area contributed by atoms with Gasteiger partial charge in [-0.05, 0) is 43.7 Å². The maximum Gasteiger partial charge on any atom is 0.246 e. The van der Waals surface area contributed by atoms with Crippen molar-refractivity contribution in [2.24, 2.45) is 0 Å². The lowest BCUT2D eigenvalue weighted by atomic mass is 9.93. The van der Waals surface area contributed by atoms with Gasteiger partial charge < -0.3 is 29.7 Å². The van der Waals surface area contributed by atoms with Gasteiger partial charge in [-0.1, -0.05) is 37.5 Å². The molecule has 216 valence electrons. The molecule has 40 heavy (non-hydrogen) atoms. The number of amides is 4. The molecule has 0 unspecified atom stereocenters. The van der Waals surface area contributed by atoms with E-state index in [4.69, 9.17) is 4.74 Å². The van der Waals surface area contributed by atoms with E-state index in [1.807, 2.05) is 30.5 Å². The molecule has 3 heterocycles. The molecule has 1 saturated carbocycles. The molecule has 10 nitrogen and oxygen atoms in total. The maximum absolute atomic E-state index is 14.3. The van der Waals surface area contributed by atoms with Crippen LogP contribution >= 0.6 is 0 Å². The van der Waals surface area contributed by atoms with Crippen molar-refractivity contribution in [3.63, 3.8) is 0 Å². The highest BCUT2D eigenvalue weighted by Crippen LogP contribution is 2.27. The Labute approximate surface area is 235 Å². The van der Waals surface area contributed by atoms with Gasteiger partial charge in [-0.2, -0.15) is 0 Å². The van der Waals surface area contributed by atoms with Crippen LogP contribution in [-0.2, 0) is 30.3 Å². The number of ether oxygens (including phenoxy) is 1. The van der Waals surface area contributed by atoms with Gasteiger partial charge in [-0.15, -0.1) is 0 Å². The molecule has 0 spiro atoms. The first-order chi connectivity index (χ1) is 19.5. The van der Waals surface area contributed by atoms with Crippen LogP contribution in [0.2, 0.25) is 0 Å². The summed E-state index contributed by atoms with van der Waals surface area (Å²) in [5, 5.41) is 3.97. The van der Waals surface area contributed by atoms with Crippen LogP contribution in [-0.4, -0.2) is 101 Å². The van der Waals surface area contributed by atoms with Crippen molar-refractivity contribution in [2.45, 2.75) is 75.9 Å². The van der Waals surface area contributed by atoms with E-state index < -0.39 is 12.1 Å². The number of benzene rings is 1. The van der Waals surface area contributed by atoms with Gasteiger partial charge in [0.25, 0.3) is 0 Å². The third kappa shape index (κ3) is 6.16. The molecule has 5 rings (SSSR count). The number of H-pyrrole nitrogens is 1. The number of nitrogens with zero attached hydrogens (tertiary/aromatic N) is 3. The first-order valence-corrected chi connectivity index (χ1v) is 14.7. The van der Waals surface area contributed by atoms with Gasteiger partial charge in [0.2, 0.25) is 23.6 Å². The molecule has 2 atom stereocenters. The lowest BCUT2D eigenvalue weighted by Gasteiger charge is -2.39. The van der Waals surface area contributed by atoms with Crippen molar-refractivity contribution in [3.05, 3.63) is 36.0 Å². The second kappa shape index (κ2) is 12.8. The Kier molecular flexibility index (Phi) is 9.04. The zero-order valence-corrected chi connectivity index (χ0v) is 23.4. The number of carbonyl (C=O) groups is 4. The van der Waals surface area contributed by atoms with Crippen molar-refractivity contribution >= 4 is 34.5 Å². The number of aromatic nitrogens is 1. The van der Waals surface area contributed by atoms with Gasteiger partial charge in [0, 0.05) is 56.4 Å². The van der Waals surface area contributed by atoms with Gasteiger partial charge in [0.05, 0.1) is 6.54 Å². The number of hydrogen-bond acceptors (Lipinski definition) is 5. The minimum atomic E-state index is -0.855. The van der Waals surface area contributed by atoms with Crippen molar-refractivity contribution in [1.82, 2.24) is 25.0 Å². The molecule has 1 aliphatic carbocycles. The highest BCUT2D eigenvalue weighted by atomic mass is 16.5. The molecule has 3 aliphatic rings. The Hall–Kier alpha value is -3.40. The van der Waals surface area contributed by atoms with Gasteiger partial charge in [0.15, 0.2) is 0 Å². The Morgan fingerprint density at radius 2 is 1.73 bits per heavy atom. The monoisotopic (exact) mass is 551 g/mol. The molecule has 2 aliphatic heterocycles. The first kappa shape index (κ1) is 28.1. The zero-order valence-electron chi connectivity index (χ0n) is 23.4. The van der Waals surface area contributed by atoms with Gasteiger partial charge >= 0.3 is 0 Å². The molecule has 10 heteroatoms. The predicted octanol–water partition coefficient (Wildman–Crippen LogP) is 2.23. The van der Waals surface area contributed by atoms with Crippen LogP contribution in [0.15, 0.2) is 30.5 Å². The van der Waals surface area contributed by atoms with Crippen LogP contribution < -0.4 is 5.32 Å². The van der Waals surface area contributed by atoms with Gasteiger partial charge in [0.1, 0.15) is 18.6 Å². The maximum atomic E-state index is 14.3. The van der Waals surface area contributed by atoms with Crippen molar-refractivity contribution in [2.75, 3.05) is 39.9 Å². The molecule has 1 aromatic carbocycles. The quantitative estimate of drug-likeness (QED) is 0.512. The highest BCUT2D eigenvalue weighted by molar-refractivity contribution is 5.96. The smallest absolute Gasteiger partial charge is 0.246 e. The number of carbonyl (C=O) groups excluding carboxylic acids is 4. The standard InChI is InChI=1S/C30H41N5O5/c1-40-16-8-14-33-19-27(36)32-25(17-21-18-31-24-12-6-5-11-23(21)24)29(38)35(22-9-3-2-4-10-22)20-28(37)34-15-7-13-26(34)30(33)39/h5-6,11-12,18,22,25-26,31H,2-4,7-10,13-17,19-20H2,1H3,(H,32,36)/t25-,26+/m0/s1. The summed E-state index contributed by atoms with van der Waals surface area (Å²) in [6.45, 7) is 1.04. The summed E-state index contributed by atoms with van der Waals surface area (Å²) >= 11 is 0. The van der Waals surface area contributed by atoms with Crippen LogP contribution in [0.5, 0.6) is 0 Å². The molecule has 2 saturated heterocycles. The molecule has 0 radical (unpaired) electrons. The minimum absolute atomic E-state index is 0.0576. The molecule has 4 amide bonds. The topological polar surface area (TPSA) is 115 Å². The Morgan fingerprint density at radius 1 is 0.925 bits per heavy atom. The summed E-state index contributed by atoms with van der Waals surface area (Å²) in [4.78, 5) is 63.3. The molecular weight excluding hydrogens is 510 g/mol. The average molecular weight is 552 g/mol. The summed E-state index contributed by atoms with van der Waals surface area (Å²) in [6, 6.07) is 6.35. The number of methoxy groups -OCH3 is 1. The number of hydrogen-bond donors (Lipinski definition) is 2. The van der Waals surface area contributed by atoms with E-state index in [1.54, 1.807) is 16.9 Å². The molecule has 0 bridgehead atoms. The zero-order chi connectivity index (χ0) is 28.1. The summed E-state index contributed by atoms with van der Waals surface area (Å²) < 4.78 is 5.17. The van der Waals surface area contributed by atoms with Crippen LogP contribution in [0.3, 0.4) is 0 Å². The lowest BCUT2D eigenvalue weighted by Crippen LogP contribution is -2.59. The van der Waals surface area contributed by atoms with Crippen molar-refractivity contribution in [1.29, 1.82) is 0 Å². The van der Waals surface area contributed by atoms with E-state index in [9.17, 15) is 19.2 Å². The van der Waals surface area contributed by atoms with Crippen LogP contribution in [0.25, 0.3) is 10.9 Å². The molecule has 2 aromatic rings.